The SMILES string of the molecule is COC1(C(=O)NCc2cccc(Cn3cnc4ccccc43)c2)CCNCC1. The van der Waals surface area contributed by atoms with E-state index in [1.807, 2.05) is 36.7 Å². The molecule has 2 N–H and O–H groups in total. The number of nitrogens with one attached hydrogen (secondary N) is 2. The molecule has 28 heavy (non-hydrogen) atoms. The lowest BCUT2D eigenvalue weighted by atomic mass is 9.91. The molecule has 1 aromatic heterocycles. The summed E-state index contributed by atoms with van der Waals surface area (Å²) in [6.07, 6.45) is 3.27. The summed E-state index contributed by atoms with van der Waals surface area (Å²) in [7, 11) is 1.63. The van der Waals surface area contributed by atoms with Gasteiger partial charge in [0.2, 0.25) is 0 Å². The van der Waals surface area contributed by atoms with Crippen LogP contribution in [0.4, 0.5) is 0 Å². The Hall–Kier alpha value is -2.70. The van der Waals surface area contributed by atoms with E-state index in [1.54, 1.807) is 7.11 Å². The third-order valence-corrected chi connectivity index (χ3v) is 5.54. The van der Waals surface area contributed by atoms with Gasteiger partial charge in [0.15, 0.2) is 0 Å². The number of methoxy groups -OCH3 is 1. The maximum absolute atomic E-state index is 12.7. The Balaban J connectivity index is 1.43. The van der Waals surface area contributed by atoms with Gasteiger partial charge < -0.3 is 19.9 Å². The molecule has 1 saturated heterocycles. The van der Waals surface area contributed by atoms with E-state index < -0.39 is 5.60 Å². The zero-order valence-corrected chi connectivity index (χ0v) is 16.1. The van der Waals surface area contributed by atoms with Crippen LogP contribution in [0.2, 0.25) is 0 Å². The van der Waals surface area contributed by atoms with Crippen LogP contribution in [-0.4, -0.2) is 41.3 Å². The lowest BCUT2D eigenvalue weighted by molar-refractivity contribution is -0.146. The number of rotatable bonds is 6. The van der Waals surface area contributed by atoms with Crippen LogP contribution in [0.3, 0.4) is 0 Å². The minimum Gasteiger partial charge on any atom is -0.368 e. The summed E-state index contributed by atoms with van der Waals surface area (Å²) in [6, 6.07) is 16.4. The molecular weight excluding hydrogens is 352 g/mol. The van der Waals surface area contributed by atoms with Gasteiger partial charge in [0.05, 0.1) is 17.4 Å². The van der Waals surface area contributed by atoms with E-state index in [0.717, 1.165) is 36.2 Å². The molecular formula is C22H26N4O2. The average Bonchev–Trinajstić information content (AvgIpc) is 3.15. The van der Waals surface area contributed by atoms with Gasteiger partial charge in [-0.3, -0.25) is 4.79 Å². The number of hydrogen-bond donors (Lipinski definition) is 2. The number of benzene rings is 2. The third kappa shape index (κ3) is 3.79. The van der Waals surface area contributed by atoms with Crippen molar-refractivity contribution in [2.24, 2.45) is 0 Å². The summed E-state index contributed by atoms with van der Waals surface area (Å²) in [5.41, 5.74) is 3.67. The first kappa shape index (κ1) is 18.7. The number of ether oxygens (including phenoxy) is 1. The van der Waals surface area contributed by atoms with Gasteiger partial charge in [0.25, 0.3) is 5.91 Å². The molecule has 1 fully saturated rings. The van der Waals surface area contributed by atoms with E-state index in [4.69, 9.17) is 4.74 Å². The quantitative estimate of drug-likeness (QED) is 0.691. The van der Waals surface area contributed by atoms with Crippen molar-refractivity contribution < 1.29 is 9.53 Å². The topological polar surface area (TPSA) is 68.2 Å². The average molecular weight is 378 g/mol. The Bertz CT molecular complexity index is 960. The summed E-state index contributed by atoms with van der Waals surface area (Å²) < 4.78 is 7.74. The maximum atomic E-state index is 12.7. The first-order valence-corrected chi connectivity index (χ1v) is 9.72. The van der Waals surface area contributed by atoms with E-state index in [9.17, 15) is 4.79 Å². The molecule has 6 nitrogen and oxygen atoms in total. The van der Waals surface area contributed by atoms with Gasteiger partial charge in [-0.25, -0.2) is 4.98 Å². The zero-order valence-electron chi connectivity index (χ0n) is 16.1. The highest BCUT2D eigenvalue weighted by atomic mass is 16.5. The highest BCUT2D eigenvalue weighted by molar-refractivity contribution is 5.85. The van der Waals surface area contributed by atoms with Crippen molar-refractivity contribution in [2.75, 3.05) is 20.2 Å². The van der Waals surface area contributed by atoms with Gasteiger partial charge in [0, 0.05) is 20.2 Å². The molecule has 1 aliphatic rings. The van der Waals surface area contributed by atoms with E-state index in [2.05, 4.69) is 38.4 Å². The number of carbonyl (C=O) groups is 1. The van der Waals surface area contributed by atoms with Crippen LogP contribution < -0.4 is 10.6 Å². The molecule has 0 radical (unpaired) electrons. The van der Waals surface area contributed by atoms with E-state index in [1.165, 1.54) is 5.56 Å². The second kappa shape index (κ2) is 8.12. The minimum absolute atomic E-state index is 0.0255. The smallest absolute Gasteiger partial charge is 0.252 e. The molecule has 0 saturated carbocycles. The molecule has 0 aliphatic carbocycles. The molecule has 1 amide bonds. The number of imidazole rings is 1. The van der Waals surface area contributed by atoms with E-state index in [0.29, 0.717) is 19.4 Å². The molecule has 2 heterocycles. The number of nitrogens with zero attached hydrogens (tertiary/aromatic N) is 2. The van der Waals surface area contributed by atoms with Crippen LogP contribution in [-0.2, 0) is 22.6 Å². The van der Waals surface area contributed by atoms with Gasteiger partial charge in [-0.15, -0.1) is 0 Å². The molecule has 0 unspecified atom stereocenters. The Kier molecular flexibility index (Phi) is 5.41. The molecule has 3 aromatic rings. The van der Waals surface area contributed by atoms with Crippen molar-refractivity contribution in [1.82, 2.24) is 20.2 Å². The zero-order chi connectivity index (χ0) is 19.4. The number of aromatic nitrogens is 2. The Morgan fingerprint density at radius 1 is 1.18 bits per heavy atom. The molecule has 146 valence electrons. The Labute approximate surface area is 164 Å². The summed E-state index contributed by atoms with van der Waals surface area (Å²) in [5.74, 6) is -0.0255. The summed E-state index contributed by atoms with van der Waals surface area (Å²) in [5, 5.41) is 6.34. The predicted octanol–water partition coefficient (Wildman–Crippen LogP) is 2.47. The highest BCUT2D eigenvalue weighted by Gasteiger charge is 2.39. The van der Waals surface area contributed by atoms with Crippen molar-refractivity contribution >= 4 is 16.9 Å². The third-order valence-electron chi connectivity index (χ3n) is 5.54. The van der Waals surface area contributed by atoms with Crippen molar-refractivity contribution in [1.29, 1.82) is 0 Å². The van der Waals surface area contributed by atoms with Gasteiger partial charge in [-0.1, -0.05) is 36.4 Å². The van der Waals surface area contributed by atoms with Crippen LogP contribution >= 0.6 is 0 Å². The number of hydrogen-bond acceptors (Lipinski definition) is 4. The first-order chi connectivity index (χ1) is 13.7. The second-order valence-corrected chi connectivity index (χ2v) is 7.31. The number of amides is 1. The fourth-order valence-electron chi connectivity index (χ4n) is 3.87. The van der Waals surface area contributed by atoms with Crippen molar-refractivity contribution in [3.05, 3.63) is 66.0 Å². The van der Waals surface area contributed by atoms with Crippen LogP contribution in [0.1, 0.15) is 24.0 Å². The van der Waals surface area contributed by atoms with Crippen molar-refractivity contribution in [3.8, 4) is 0 Å². The first-order valence-electron chi connectivity index (χ1n) is 9.72. The maximum Gasteiger partial charge on any atom is 0.252 e. The number of carbonyl (C=O) groups excluding carboxylic acids is 1. The second-order valence-electron chi connectivity index (χ2n) is 7.31. The fourth-order valence-corrected chi connectivity index (χ4v) is 3.87. The number of piperidine rings is 1. The van der Waals surface area contributed by atoms with Gasteiger partial charge in [-0.05, 0) is 49.2 Å². The molecule has 0 atom stereocenters. The van der Waals surface area contributed by atoms with Crippen molar-refractivity contribution in [3.63, 3.8) is 0 Å². The van der Waals surface area contributed by atoms with Crippen LogP contribution in [0.25, 0.3) is 11.0 Å². The molecule has 0 spiro atoms. The molecule has 6 heteroatoms. The summed E-state index contributed by atoms with van der Waals surface area (Å²) in [6.45, 7) is 2.84. The normalized spacial score (nSPS) is 16.2. The van der Waals surface area contributed by atoms with Crippen molar-refractivity contribution in [2.45, 2.75) is 31.5 Å². The lowest BCUT2D eigenvalue weighted by Crippen LogP contribution is -2.53. The van der Waals surface area contributed by atoms with E-state index >= 15 is 0 Å². The number of fused-ring (bicyclic) bond motifs is 1. The largest absolute Gasteiger partial charge is 0.368 e. The summed E-state index contributed by atoms with van der Waals surface area (Å²) in [4.78, 5) is 17.2. The Morgan fingerprint density at radius 3 is 2.79 bits per heavy atom. The van der Waals surface area contributed by atoms with Gasteiger partial charge in [0.1, 0.15) is 5.60 Å². The fraction of sp³-hybridized carbons (Fsp3) is 0.364. The van der Waals surface area contributed by atoms with Crippen LogP contribution in [0, 0.1) is 0 Å². The lowest BCUT2D eigenvalue weighted by Gasteiger charge is -2.34. The predicted molar refractivity (Wildman–Crippen MR) is 109 cm³/mol. The Morgan fingerprint density at radius 2 is 1.96 bits per heavy atom. The summed E-state index contributed by atoms with van der Waals surface area (Å²) >= 11 is 0. The van der Waals surface area contributed by atoms with Crippen LogP contribution in [0.15, 0.2) is 54.9 Å². The molecule has 1 aliphatic heterocycles. The van der Waals surface area contributed by atoms with Gasteiger partial charge in [-0.2, -0.15) is 0 Å². The molecule has 4 rings (SSSR count). The monoisotopic (exact) mass is 378 g/mol. The van der Waals surface area contributed by atoms with E-state index in [-0.39, 0.29) is 5.91 Å². The number of para-hydroxylation sites is 2. The highest BCUT2D eigenvalue weighted by Crippen LogP contribution is 2.23. The molecule has 0 bridgehead atoms. The van der Waals surface area contributed by atoms with Crippen LogP contribution in [0.5, 0.6) is 0 Å². The minimum atomic E-state index is -0.710. The standard InChI is InChI=1S/C22H26N4O2/c1-28-22(9-11-23-12-10-22)21(27)24-14-17-5-4-6-18(13-17)15-26-16-25-19-7-2-3-8-20(19)26/h2-8,13,16,23H,9-12,14-15H2,1H3,(H,24,27). The van der Waals surface area contributed by atoms with Gasteiger partial charge >= 0.3 is 0 Å². The molecule has 2 aromatic carbocycles.